The van der Waals surface area contributed by atoms with Gasteiger partial charge in [0.1, 0.15) is 0 Å². The predicted molar refractivity (Wildman–Crippen MR) is 73.1 cm³/mol. The molecule has 0 aromatic heterocycles. The molecule has 1 aromatic rings. The topological polar surface area (TPSA) is 29.3 Å². The van der Waals surface area contributed by atoms with Gasteiger partial charge in [0.2, 0.25) is 0 Å². The highest BCUT2D eigenvalue weighted by atomic mass is 15.1. The molecular formula is C15H24N2. The highest BCUT2D eigenvalue weighted by Crippen LogP contribution is 2.20. The van der Waals surface area contributed by atoms with Gasteiger partial charge in [0.05, 0.1) is 0 Å². The van der Waals surface area contributed by atoms with Gasteiger partial charge in [-0.1, -0.05) is 17.7 Å². The monoisotopic (exact) mass is 232 g/mol. The van der Waals surface area contributed by atoms with Crippen LogP contribution in [-0.2, 0) is 6.54 Å². The molecule has 1 aliphatic heterocycles. The lowest BCUT2D eigenvalue weighted by atomic mass is 9.98. The molecule has 0 spiro atoms. The van der Waals surface area contributed by atoms with Crippen LogP contribution in [0.1, 0.15) is 35.1 Å². The lowest BCUT2D eigenvalue weighted by Gasteiger charge is -2.31. The van der Waals surface area contributed by atoms with Crippen LogP contribution >= 0.6 is 0 Å². The zero-order valence-electron chi connectivity index (χ0n) is 11.3. The first kappa shape index (κ1) is 12.6. The average molecular weight is 232 g/mol. The summed E-state index contributed by atoms with van der Waals surface area (Å²) in [5.41, 5.74) is 11.7. The van der Waals surface area contributed by atoms with Crippen molar-refractivity contribution >= 4 is 0 Å². The number of benzene rings is 1. The summed E-state index contributed by atoms with van der Waals surface area (Å²) in [5.74, 6) is 0. The summed E-state index contributed by atoms with van der Waals surface area (Å²) >= 11 is 0. The quantitative estimate of drug-likeness (QED) is 0.849. The van der Waals surface area contributed by atoms with Gasteiger partial charge >= 0.3 is 0 Å². The third-order valence-electron chi connectivity index (χ3n) is 3.85. The highest BCUT2D eigenvalue weighted by molar-refractivity contribution is 5.37. The highest BCUT2D eigenvalue weighted by Gasteiger charge is 2.17. The number of hydrogen-bond acceptors (Lipinski definition) is 2. The Bertz CT molecular complexity index is 367. The SMILES string of the molecule is Cc1cc(C)c(CN2CCC(N)CC2)c(C)c1. The maximum atomic E-state index is 5.94. The van der Waals surface area contributed by atoms with E-state index in [-0.39, 0.29) is 0 Å². The van der Waals surface area contributed by atoms with Crippen LogP contribution < -0.4 is 5.73 Å². The molecule has 17 heavy (non-hydrogen) atoms. The minimum Gasteiger partial charge on any atom is -0.328 e. The van der Waals surface area contributed by atoms with Gasteiger partial charge in [-0.25, -0.2) is 0 Å². The summed E-state index contributed by atoms with van der Waals surface area (Å²) in [5, 5.41) is 0. The summed E-state index contributed by atoms with van der Waals surface area (Å²) in [4.78, 5) is 2.54. The van der Waals surface area contributed by atoms with Crippen molar-refractivity contribution in [1.29, 1.82) is 0 Å². The Morgan fingerprint density at radius 2 is 1.65 bits per heavy atom. The van der Waals surface area contributed by atoms with Gasteiger partial charge in [-0.2, -0.15) is 0 Å². The zero-order valence-corrected chi connectivity index (χ0v) is 11.3. The molecule has 0 atom stereocenters. The largest absolute Gasteiger partial charge is 0.328 e. The smallest absolute Gasteiger partial charge is 0.0239 e. The molecule has 1 fully saturated rings. The van der Waals surface area contributed by atoms with Crippen LogP contribution in [0, 0.1) is 20.8 Å². The molecule has 0 aliphatic carbocycles. The van der Waals surface area contributed by atoms with Crippen LogP contribution in [0.15, 0.2) is 12.1 Å². The van der Waals surface area contributed by atoms with E-state index in [0.29, 0.717) is 6.04 Å². The van der Waals surface area contributed by atoms with Gasteiger partial charge in [0.25, 0.3) is 0 Å². The van der Waals surface area contributed by atoms with E-state index in [2.05, 4.69) is 37.8 Å². The number of likely N-dealkylation sites (tertiary alicyclic amines) is 1. The van der Waals surface area contributed by atoms with Crippen molar-refractivity contribution in [3.05, 3.63) is 34.4 Å². The van der Waals surface area contributed by atoms with Gasteiger partial charge in [-0.15, -0.1) is 0 Å². The van der Waals surface area contributed by atoms with E-state index in [1.807, 2.05) is 0 Å². The number of nitrogens with zero attached hydrogens (tertiary/aromatic N) is 1. The second-order valence-electron chi connectivity index (χ2n) is 5.49. The Labute approximate surface area is 105 Å². The fourth-order valence-corrected chi connectivity index (χ4v) is 2.79. The third kappa shape index (κ3) is 3.08. The Morgan fingerprint density at radius 3 is 2.18 bits per heavy atom. The predicted octanol–water partition coefficient (Wildman–Crippen LogP) is 2.53. The van der Waals surface area contributed by atoms with Crippen LogP contribution in [0.3, 0.4) is 0 Å². The molecule has 94 valence electrons. The van der Waals surface area contributed by atoms with Gasteiger partial charge < -0.3 is 5.73 Å². The van der Waals surface area contributed by atoms with Gasteiger partial charge in [0, 0.05) is 12.6 Å². The summed E-state index contributed by atoms with van der Waals surface area (Å²) in [6.07, 6.45) is 2.29. The first-order chi connectivity index (χ1) is 8.06. The molecule has 2 nitrogen and oxygen atoms in total. The maximum absolute atomic E-state index is 5.94. The van der Waals surface area contributed by atoms with E-state index in [9.17, 15) is 0 Å². The molecule has 0 amide bonds. The third-order valence-corrected chi connectivity index (χ3v) is 3.85. The second-order valence-corrected chi connectivity index (χ2v) is 5.49. The molecule has 0 radical (unpaired) electrons. The second kappa shape index (κ2) is 5.19. The first-order valence-electron chi connectivity index (χ1n) is 6.61. The van der Waals surface area contributed by atoms with Crippen molar-refractivity contribution in [2.24, 2.45) is 5.73 Å². The molecule has 2 rings (SSSR count). The molecule has 2 heteroatoms. The molecule has 2 N–H and O–H groups in total. The van der Waals surface area contributed by atoms with Crippen LogP contribution in [0.25, 0.3) is 0 Å². The van der Waals surface area contributed by atoms with Crippen LogP contribution in [0.2, 0.25) is 0 Å². The number of rotatable bonds is 2. The number of nitrogens with two attached hydrogens (primary N) is 1. The van der Waals surface area contributed by atoms with Crippen molar-refractivity contribution in [3.63, 3.8) is 0 Å². The van der Waals surface area contributed by atoms with Crippen LogP contribution in [0.4, 0.5) is 0 Å². The number of aryl methyl sites for hydroxylation is 3. The van der Waals surface area contributed by atoms with E-state index in [0.717, 1.165) is 32.5 Å². The molecule has 0 saturated carbocycles. The van der Waals surface area contributed by atoms with Crippen molar-refractivity contribution in [2.75, 3.05) is 13.1 Å². The van der Waals surface area contributed by atoms with Crippen molar-refractivity contribution in [1.82, 2.24) is 4.90 Å². The Hall–Kier alpha value is -0.860. The normalized spacial score (nSPS) is 18.6. The summed E-state index contributed by atoms with van der Waals surface area (Å²) in [6, 6.07) is 5.00. The van der Waals surface area contributed by atoms with Crippen LogP contribution in [-0.4, -0.2) is 24.0 Å². The fourth-order valence-electron chi connectivity index (χ4n) is 2.79. The molecule has 0 unspecified atom stereocenters. The standard InChI is InChI=1S/C15H24N2/c1-11-8-12(2)15(13(3)9-11)10-17-6-4-14(16)5-7-17/h8-9,14H,4-7,10,16H2,1-3H3. The van der Waals surface area contributed by atoms with Crippen molar-refractivity contribution < 1.29 is 0 Å². The Morgan fingerprint density at radius 1 is 1.12 bits per heavy atom. The summed E-state index contributed by atoms with van der Waals surface area (Å²) < 4.78 is 0. The summed E-state index contributed by atoms with van der Waals surface area (Å²) in [6.45, 7) is 10.0. The van der Waals surface area contributed by atoms with Crippen molar-refractivity contribution in [3.8, 4) is 0 Å². The zero-order chi connectivity index (χ0) is 12.4. The van der Waals surface area contributed by atoms with Gasteiger partial charge in [-0.05, 0) is 63.4 Å². The lowest BCUT2D eigenvalue weighted by molar-refractivity contribution is 0.205. The lowest BCUT2D eigenvalue weighted by Crippen LogP contribution is -2.39. The van der Waals surface area contributed by atoms with E-state index < -0.39 is 0 Å². The summed E-state index contributed by atoms with van der Waals surface area (Å²) in [7, 11) is 0. The molecule has 1 aliphatic rings. The number of hydrogen-bond donors (Lipinski definition) is 1. The van der Waals surface area contributed by atoms with Gasteiger partial charge in [-0.3, -0.25) is 4.90 Å². The molecule has 1 saturated heterocycles. The van der Waals surface area contributed by atoms with E-state index in [4.69, 9.17) is 5.73 Å². The van der Waals surface area contributed by atoms with Crippen LogP contribution in [0.5, 0.6) is 0 Å². The molecular weight excluding hydrogens is 208 g/mol. The Kier molecular flexibility index (Phi) is 3.85. The van der Waals surface area contributed by atoms with E-state index in [1.165, 1.54) is 22.3 Å². The molecule has 1 heterocycles. The molecule has 0 bridgehead atoms. The average Bonchev–Trinajstić information content (AvgIpc) is 2.26. The first-order valence-corrected chi connectivity index (χ1v) is 6.61. The van der Waals surface area contributed by atoms with Crippen molar-refractivity contribution in [2.45, 2.75) is 46.2 Å². The fraction of sp³-hybridized carbons (Fsp3) is 0.600. The van der Waals surface area contributed by atoms with E-state index in [1.54, 1.807) is 0 Å². The van der Waals surface area contributed by atoms with Gasteiger partial charge in [0.15, 0.2) is 0 Å². The van der Waals surface area contributed by atoms with E-state index >= 15 is 0 Å². The minimum absolute atomic E-state index is 0.423. The number of piperidine rings is 1. The molecule has 1 aromatic carbocycles. The Balaban J connectivity index is 2.08. The minimum atomic E-state index is 0.423. The maximum Gasteiger partial charge on any atom is 0.0239 e.